The summed E-state index contributed by atoms with van der Waals surface area (Å²) in [7, 11) is 1.20. The average molecular weight is 372 g/mol. The van der Waals surface area contributed by atoms with Gasteiger partial charge in [-0.05, 0) is 32.4 Å². The van der Waals surface area contributed by atoms with Gasteiger partial charge in [-0.1, -0.05) is 6.92 Å². The van der Waals surface area contributed by atoms with Gasteiger partial charge in [-0.15, -0.1) is 0 Å². The van der Waals surface area contributed by atoms with E-state index in [1.807, 2.05) is 6.92 Å². The lowest BCUT2D eigenvalue weighted by atomic mass is 10.0. The van der Waals surface area contributed by atoms with Crippen LogP contribution in [0.5, 0.6) is 0 Å². The van der Waals surface area contributed by atoms with E-state index in [1.165, 1.54) is 7.05 Å². The minimum atomic E-state index is -4.70. The van der Waals surface area contributed by atoms with E-state index in [4.69, 9.17) is 0 Å². The van der Waals surface area contributed by atoms with Crippen molar-refractivity contribution in [1.29, 1.82) is 0 Å². The Labute approximate surface area is 146 Å². The van der Waals surface area contributed by atoms with E-state index in [2.05, 4.69) is 10.3 Å². The molecule has 0 aliphatic rings. The number of rotatable bonds is 4. The molecule has 26 heavy (non-hydrogen) atoms. The molecule has 2 rings (SSSR count). The maximum atomic E-state index is 12.8. The van der Waals surface area contributed by atoms with Gasteiger partial charge in [-0.2, -0.15) is 13.2 Å². The van der Waals surface area contributed by atoms with Crippen LogP contribution in [-0.2, 0) is 24.6 Å². The van der Waals surface area contributed by atoms with Crippen LogP contribution in [-0.4, -0.2) is 25.6 Å². The first-order valence-electron chi connectivity index (χ1n) is 7.86. The van der Waals surface area contributed by atoms with Gasteiger partial charge >= 0.3 is 11.9 Å². The fraction of sp³-hybridized carbons (Fsp3) is 0.500. The van der Waals surface area contributed by atoms with Crippen molar-refractivity contribution in [3.63, 3.8) is 0 Å². The lowest BCUT2D eigenvalue weighted by Gasteiger charge is -2.24. The van der Waals surface area contributed by atoms with E-state index in [0.717, 1.165) is 10.6 Å². The highest BCUT2D eigenvalue weighted by Gasteiger charge is 2.33. The Kier molecular flexibility index (Phi) is 4.98. The molecule has 0 saturated carbocycles. The van der Waals surface area contributed by atoms with E-state index in [1.54, 1.807) is 13.8 Å². The maximum absolute atomic E-state index is 12.8. The molecule has 0 aromatic carbocycles. The van der Waals surface area contributed by atoms with Crippen LogP contribution in [0.15, 0.2) is 21.7 Å². The Bertz CT molecular complexity index is 974. The molecular weight excluding hydrogens is 353 g/mol. The number of carbonyl (C=O) groups excluding carboxylic acids is 1. The number of pyridine rings is 1. The normalized spacial score (nSPS) is 12.4. The van der Waals surface area contributed by atoms with Crippen LogP contribution >= 0.6 is 0 Å². The Morgan fingerprint density at radius 1 is 1.23 bits per heavy atom. The molecule has 0 unspecified atom stereocenters. The predicted octanol–water partition coefficient (Wildman–Crippen LogP) is 1.42. The Morgan fingerprint density at radius 2 is 1.85 bits per heavy atom. The number of aryl methyl sites for hydroxylation is 1. The molecule has 0 aliphatic carbocycles. The lowest BCUT2D eigenvalue weighted by molar-refractivity contribution is -0.141. The summed E-state index contributed by atoms with van der Waals surface area (Å²) in [6.45, 7) is 4.90. The van der Waals surface area contributed by atoms with E-state index in [9.17, 15) is 27.6 Å². The van der Waals surface area contributed by atoms with Crippen molar-refractivity contribution < 1.29 is 18.0 Å². The molecule has 0 saturated heterocycles. The molecule has 0 bridgehead atoms. The second kappa shape index (κ2) is 6.58. The number of aromatic nitrogens is 3. The topological polar surface area (TPSA) is 86.0 Å². The minimum Gasteiger partial charge on any atom is -0.350 e. The van der Waals surface area contributed by atoms with Crippen LogP contribution in [0.4, 0.5) is 13.2 Å². The van der Waals surface area contributed by atoms with Gasteiger partial charge in [0.2, 0.25) is 5.91 Å². The van der Waals surface area contributed by atoms with Crippen molar-refractivity contribution in [3.05, 3.63) is 38.7 Å². The Hall–Kier alpha value is -2.65. The molecular formula is C16H19F3N4O3. The zero-order chi connectivity index (χ0) is 19.9. The zero-order valence-electron chi connectivity index (χ0n) is 14.8. The largest absolute Gasteiger partial charge is 0.433 e. The number of hydrogen-bond acceptors (Lipinski definition) is 4. The summed E-state index contributed by atoms with van der Waals surface area (Å²) in [4.78, 5) is 40.4. The highest BCUT2D eigenvalue weighted by atomic mass is 19.4. The number of nitrogens with zero attached hydrogens (tertiary/aromatic N) is 3. The number of fused-ring (bicyclic) bond motifs is 1. The molecule has 0 radical (unpaired) electrons. The summed E-state index contributed by atoms with van der Waals surface area (Å²) in [6.07, 6.45) is -4.07. The van der Waals surface area contributed by atoms with Gasteiger partial charge in [0.1, 0.15) is 17.9 Å². The number of carbonyl (C=O) groups is 1. The van der Waals surface area contributed by atoms with Crippen LogP contribution in [0.25, 0.3) is 11.0 Å². The van der Waals surface area contributed by atoms with Gasteiger partial charge in [-0.3, -0.25) is 18.7 Å². The van der Waals surface area contributed by atoms with E-state index in [0.29, 0.717) is 17.1 Å². The summed E-state index contributed by atoms with van der Waals surface area (Å²) in [5, 5.41) is 2.52. The average Bonchev–Trinajstić information content (AvgIpc) is 2.55. The van der Waals surface area contributed by atoms with Crippen LogP contribution in [0.2, 0.25) is 0 Å². The Balaban J connectivity index is 2.55. The van der Waals surface area contributed by atoms with E-state index in [-0.39, 0.29) is 11.0 Å². The summed E-state index contributed by atoms with van der Waals surface area (Å²) in [6, 6.07) is 1.62. The summed E-state index contributed by atoms with van der Waals surface area (Å²) in [5.41, 5.74) is -3.90. The smallest absolute Gasteiger partial charge is 0.350 e. The van der Waals surface area contributed by atoms with Crippen LogP contribution in [0.1, 0.15) is 32.9 Å². The van der Waals surface area contributed by atoms with Crippen LogP contribution < -0.4 is 16.6 Å². The van der Waals surface area contributed by atoms with Gasteiger partial charge in [0.25, 0.3) is 5.56 Å². The van der Waals surface area contributed by atoms with Crippen molar-refractivity contribution in [2.24, 2.45) is 7.05 Å². The minimum absolute atomic E-state index is 0.178. The number of halogens is 3. The molecule has 10 heteroatoms. The van der Waals surface area contributed by atoms with Crippen LogP contribution in [0, 0.1) is 0 Å². The van der Waals surface area contributed by atoms with Gasteiger partial charge in [-0.25, -0.2) is 9.78 Å². The van der Waals surface area contributed by atoms with Crippen molar-refractivity contribution in [2.45, 2.75) is 45.5 Å². The van der Waals surface area contributed by atoms with Gasteiger partial charge < -0.3 is 5.32 Å². The fourth-order valence-electron chi connectivity index (χ4n) is 2.32. The quantitative estimate of drug-likeness (QED) is 0.880. The third-order valence-corrected chi connectivity index (χ3v) is 4.14. The summed E-state index contributed by atoms with van der Waals surface area (Å²) in [5.74, 6) is -0.546. The fourth-order valence-corrected chi connectivity index (χ4v) is 2.32. The molecule has 2 aromatic rings. The SMILES string of the molecule is CCC(C)(C)NC(=O)Cn1c(=O)c2ccc(C(F)(F)F)nc2n(C)c1=O. The van der Waals surface area contributed by atoms with Crippen molar-refractivity contribution >= 4 is 16.9 Å². The third-order valence-electron chi connectivity index (χ3n) is 4.14. The van der Waals surface area contributed by atoms with E-state index >= 15 is 0 Å². The highest BCUT2D eigenvalue weighted by molar-refractivity contribution is 5.78. The molecule has 0 atom stereocenters. The van der Waals surface area contributed by atoms with Crippen molar-refractivity contribution in [3.8, 4) is 0 Å². The Morgan fingerprint density at radius 3 is 2.38 bits per heavy atom. The lowest BCUT2D eigenvalue weighted by Crippen LogP contribution is -2.48. The van der Waals surface area contributed by atoms with Gasteiger partial charge in [0, 0.05) is 12.6 Å². The molecule has 1 amide bonds. The number of hydrogen-bond donors (Lipinski definition) is 1. The molecule has 7 nitrogen and oxygen atoms in total. The molecule has 0 fully saturated rings. The first-order chi connectivity index (χ1) is 11.9. The molecule has 1 N–H and O–H groups in total. The molecule has 2 aromatic heterocycles. The monoisotopic (exact) mass is 372 g/mol. The highest BCUT2D eigenvalue weighted by Crippen LogP contribution is 2.28. The molecule has 142 valence electrons. The molecule has 0 spiro atoms. The van der Waals surface area contributed by atoms with Gasteiger partial charge in [0.15, 0.2) is 0 Å². The summed E-state index contributed by atoms with van der Waals surface area (Å²) >= 11 is 0. The first-order valence-corrected chi connectivity index (χ1v) is 7.86. The maximum Gasteiger partial charge on any atom is 0.433 e. The standard InChI is InChI=1S/C16H19F3N4O3/c1-5-15(2,3)21-11(24)8-23-13(25)9-6-7-10(16(17,18)19)20-12(9)22(4)14(23)26/h6-7H,5,8H2,1-4H3,(H,21,24). The number of alkyl halides is 3. The summed E-state index contributed by atoms with van der Waals surface area (Å²) < 4.78 is 39.9. The van der Waals surface area contributed by atoms with Crippen molar-refractivity contribution in [2.75, 3.05) is 0 Å². The van der Waals surface area contributed by atoms with E-state index < -0.39 is 41.1 Å². The van der Waals surface area contributed by atoms with Gasteiger partial charge in [0.05, 0.1) is 5.39 Å². The second-order valence-corrected chi connectivity index (χ2v) is 6.58. The van der Waals surface area contributed by atoms with Crippen molar-refractivity contribution in [1.82, 2.24) is 19.4 Å². The molecule has 2 heterocycles. The van der Waals surface area contributed by atoms with Crippen LogP contribution in [0.3, 0.4) is 0 Å². The number of nitrogens with one attached hydrogen (secondary N) is 1. The third kappa shape index (κ3) is 3.78. The predicted molar refractivity (Wildman–Crippen MR) is 88.8 cm³/mol. The molecule has 0 aliphatic heterocycles. The second-order valence-electron chi connectivity index (χ2n) is 6.58. The first kappa shape index (κ1) is 19.7. The number of amides is 1. The zero-order valence-corrected chi connectivity index (χ0v) is 14.8.